The zero-order valence-corrected chi connectivity index (χ0v) is 17.3. The maximum absolute atomic E-state index is 12.2. The van der Waals surface area contributed by atoms with Gasteiger partial charge in [-0.3, -0.25) is 4.79 Å². The third-order valence-corrected chi connectivity index (χ3v) is 4.85. The van der Waals surface area contributed by atoms with Crippen LogP contribution in [0.5, 0.6) is 5.75 Å². The van der Waals surface area contributed by atoms with Gasteiger partial charge in [-0.05, 0) is 54.3 Å². The summed E-state index contributed by atoms with van der Waals surface area (Å²) in [5, 5.41) is 12.1. The molecule has 0 saturated carbocycles. The van der Waals surface area contributed by atoms with Gasteiger partial charge < -0.3 is 19.5 Å². The normalized spacial score (nSPS) is 15.7. The van der Waals surface area contributed by atoms with Crippen molar-refractivity contribution in [2.24, 2.45) is 0 Å². The lowest BCUT2D eigenvalue weighted by Gasteiger charge is -2.10. The second-order valence-electron chi connectivity index (χ2n) is 7.06. The van der Waals surface area contributed by atoms with Crippen molar-refractivity contribution < 1.29 is 23.8 Å². The molecule has 160 valence electrons. The molecule has 1 aliphatic rings. The van der Waals surface area contributed by atoms with Crippen LogP contribution in [0.25, 0.3) is 6.08 Å². The van der Waals surface area contributed by atoms with E-state index >= 15 is 0 Å². The fourth-order valence-corrected chi connectivity index (χ4v) is 3.10. The largest absolute Gasteiger partial charge is 0.489 e. The first kappa shape index (κ1) is 22.1. The minimum Gasteiger partial charge on any atom is -0.489 e. The van der Waals surface area contributed by atoms with Gasteiger partial charge in [0, 0.05) is 13.2 Å². The zero-order chi connectivity index (χ0) is 22.1. The fraction of sp³-hybridized carbons (Fsp3) is 0.292. The van der Waals surface area contributed by atoms with Gasteiger partial charge in [0.25, 0.3) is 5.91 Å². The summed E-state index contributed by atoms with van der Waals surface area (Å²) in [4.78, 5) is 23.7. The second-order valence-corrected chi connectivity index (χ2v) is 7.06. The molecule has 2 aromatic rings. The Kier molecular flexibility index (Phi) is 7.79. The summed E-state index contributed by atoms with van der Waals surface area (Å²) in [6.45, 7) is 1.46. The van der Waals surface area contributed by atoms with Crippen LogP contribution in [0.4, 0.5) is 0 Å². The molecule has 0 aromatic heterocycles. The van der Waals surface area contributed by atoms with Crippen LogP contribution in [0, 0.1) is 11.3 Å². The highest BCUT2D eigenvalue weighted by atomic mass is 16.5. The summed E-state index contributed by atoms with van der Waals surface area (Å²) >= 11 is 0. The molecule has 0 unspecified atom stereocenters. The van der Waals surface area contributed by atoms with E-state index < -0.39 is 5.91 Å². The van der Waals surface area contributed by atoms with Crippen LogP contribution in [0.15, 0.2) is 54.1 Å². The van der Waals surface area contributed by atoms with E-state index in [4.69, 9.17) is 9.47 Å². The highest BCUT2D eigenvalue weighted by molar-refractivity contribution is 6.01. The summed E-state index contributed by atoms with van der Waals surface area (Å²) in [6, 6.07) is 16.0. The number of ether oxygens (including phenoxy) is 3. The molecular weight excluding hydrogens is 396 g/mol. The number of carbonyl (C=O) groups excluding carboxylic acids is 2. The minimum absolute atomic E-state index is 0.0250. The van der Waals surface area contributed by atoms with E-state index in [1.54, 1.807) is 54.6 Å². The molecule has 1 heterocycles. The maximum atomic E-state index is 12.2. The molecule has 1 atom stereocenters. The highest BCUT2D eigenvalue weighted by Gasteiger charge is 2.17. The Morgan fingerprint density at radius 2 is 1.94 bits per heavy atom. The van der Waals surface area contributed by atoms with Crippen LogP contribution in [-0.2, 0) is 20.9 Å². The molecule has 1 fully saturated rings. The molecular formula is C24H24N2O5. The van der Waals surface area contributed by atoms with E-state index in [1.165, 1.54) is 7.11 Å². The van der Waals surface area contributed by atoms with Crippen molar-refractivity contribution in [2.45, 2.75) is 25.6 Å². The summed E-state index contributed by atoms with van der Waals surface area (Å²) < 4.78 is 15.9. The Hall–Kier alpha value is -3.63. The van der Waals surface area contributed by atoms with E-state index in [9.17, 15) is 14.9 Å². The predicted octanol–water partition coefficient (Wildman–Crippen LogP) is 3.25. The number of carbonyl (C=O) groups is 2. The van der Waals surface area contributed by atoms with E-state index in [1.807, 2.05) is 6.07 Å². The first-order valence-corrected chi connectivity index (χ1v) is 10.0. The first-order valence-electron chi connectivity index (χ1n) is 10.0. The van der Waals surface area contributed by atoms with Gasteiger partial charge in [0.1, 0.15) is 24.0 Å². The lowest BCUT2D eigenvalue weighted by Crippen LogP contribution is -2.32. The average molecular weight is 420 g/mol. The van der Waals surface area contributed by atoms with Crippen LogP contribution >= 0.6 is 0 Å². The number of nitrogens with one attached hydrogen (secondary N) is 1. The van der Waals surface area contributed by atoms with Gasteiger partial charge in [-0.2, -0.15) is 5.26 Å². The SMILES string of the molecule is COC(=O)c1ccc(COc2ccc(/C=C(\C#N)C(=O)NC[C@H]3CCCO3)cc2)cc1. The van der Waals surface area contributed by atoms with Crippen LogP contribution in [0.1, 0.15) is 34.3 Å². The average Bonchev–Trinajstić information content (AvgIpc) is 3.34. The monoisotopic (exact) mass is 420 g/mol. The summed E-state index contributed by atoms with van der Waals surface area (Å²) in [5.41, 5.74) is 2.15. The molecule has 2 aromatic carbocycles. The molecule has 7 nitrogen and oxygen atoms in total. The number of nitrogens with zero attached hydrogens (tertiary/aromatic N) is 1. The molecule has 7 heteroatoms. The quantitative estimate of drug-likeness (QED) is 0.400. The number of hydrogen-bond acceptors (Lipinski definition) is 6. The molecule has 31 heavy (non-hydrogen) atoms. The number of nitriles is 1. The molecule has 0 spiro atoms. The van der Waals surface area contributed by atoms with Crippen LogP contribution in [0.3, 0.4) is 0 Å². The summed E-state index contributed by atoms with van der Waals surface area (Å²) in [5.74, 6) is -0.141. The van der Waals surface area contributed by atoms with Crippen LogP contribution in [-0.4, -0.2) is 38.2 Å². The van der Waals surface area contributed by atoms with Gasteiger partial charge >= 0.3 is 5.97 Å². The Bertz CT molecular complexity index is 969. The number of benzene rings is 2. The van der Waals surface area contributed by atoms with E-state index in [0.29, 0.717) is 31.1 Å². The first-order chi connectivity index (χ1) is 15.1. The molecule has 1 saturated heterocycles. The third kappa shape index (κ3) is 6.43. The Labute approximate surface area is 181 Å². The van der Waals surface area contributed by atoms with Crippen molar-refractivity contribution in [2.75, 3.05) is 20.3 Å². The minimum atomic E-state index is -0.409. The lowest BCUT2D eigenvalue weighted by molar-refractivity contribution is -0.117. The number of amides is 1. The van der Waals surface area contributed by atoms with E-state index in [-0.39, 0.29) is 17.6 Å². The van der Waals surface area contributed by atoms with Gasteiger partial charge in [-0.15, -0.1) is 0 Å². The molecule has 1 amide bonds. The van der Waals surface area contributed by atoms with Gasteiger partial charge in [-0.25, -0.2) is 4.79 Å². The van der Waals surface area contributed by atoms with Crippen LogP contribution < -0.4 is 10.1 Å². The smallest absolute Gasteiger partial charge is 0.337 e. The number of esters is 1. The Morgan fingerprint density at radius 3 is 2.55 bits per heavy atom. The standard InChI is InChI=1S/C24H24N2O5/c1-29-24(28)19-8-4-18(5-9-19)16-31-21-10-6-17(7-11-21)13-20(14-25)23(27)26-15-22-3-2-12-30-22/h4-11,13,22H,2-3,12,15-16H2,1H3,(H,26,27)/b20-13+/t22-/m1/s1. The number of rotatable bonds is 8. The summed E-state index contributed by atoms with van der Waals surface area (Å²) in [7, 11) is 1.34. The van der Waals surface area contributed by atoms with Crippen molar-refractivity contribution in [1.82, 2.24) is 5.32 Å². The van der Waals surface area contributed by atoms with Crippen molar-refractivity contribution in [3.63, 3.8) is 0 Å². The molecule has 1 N–H and O–H groups in total. The molecule has 0 bridgehead atoms. The molecule has 3 rings (SSSR count). The van der Waals surface area contributed by atoms with Crippen molar-refractivity contribution in [3.05, 3.63) is 70.8 Å². The van der Waals surface area contributed by atoms with Crippen LogP contribution in [0.2, 0.25) is 0 Å². The third-order valence-electron chi connectivity index (χ3n) is 4.85. The number of methoxy groups -OCH3 is 1. The number of hydrogen-bond donors (Lipinski definition) is 1. The van der Waals surface area contributed by atoms with Gasteiger partial charge in [0.2, 0.25) is 0 Å². The Morgan fingerprint density at radius 1 is 1.19 bits per heavy atom. The molecule has 0 radical (unpaired) electrons. The predicted molar refractivity (Wildman–Crippen MR) is 114 cm³/mol. The maximum Gasteiger partial charge on any atom is 0.337 e. The van der Waals surface area contributed by atoms with E-state index in [2.05, 4.69) is 10.1 Å². The van der Waals surface area contributed by atoms with Crippen molar-refractivity contribution >= 4 is 18.0 Å². The van der Waals surface area contributed by atoms with E-state index in [0.717, 1.165) is 24.0 Å². The zero-order valence-electron chi connectivity index (χ0n) is 17.3. The second kappa shape index (κ2) is 11.0. The Balaban J connectivity index is 1.54. The highest BCUT2D eigenvalue weighted by Crippen LogP contribution is 2.17. The lowest BCUT2D eigenvalue weighted by atomic mass is 10.1. The fourth-order valence-electron chi connectivity index (χ4n) is 3.10. The van der Waals surface area contributed by atoms with Gasteiger partial charge in [0.05, 0.1) is 18.8 Å². The molecule has 0 aliphatic carbocycles. The topological polar surface area (TPSA) is 97.7 Å². The summed E-state index contributed by atoms with van der Waals surface area (Å²) in [6.07, 6.45) is 3.48. The van der Waals surface area contributed by atoms with Crippen molar-refractivity contribution in [1.29, 1.82) is 5.26 Å². The van der Waals surface area contributed by atoms with Crippen molar-refractivity contribution in [3.8, 4) is 11.8 Å². The molecule has 1 aliphatic heterocycles. The van der Waals surface area contributed by atoms with Gasteiger partial charge in [0.15, 0.2) is 0 Å². The van der Waals surface area contributed by atoms with Gasteiger partial charge in [-0.1, -0.05) is 24.3 Å².